The van der Waals surface area contributed by atoms with Gasteiger partial charge in [-0.15, -0.1) is 0 Å². The Bertz CT molecular complexity index is 5240. The van der Waals surface area contributed by atoms with Gasteiger partial charge in [-0.25, -0.2) is 0 Å². The van der Waals surface area contributed by atoms with Crippen LogP contribution in [-0.2, 0) is 0 Å². The highest BCUT2D eigenvalue weighted by Crippen LogP contribution is 2.42. The highest BCUT2D eigenvalue weighted by atomic mass is 79.9. The summed E-state index contributed by atoms with van der Waals surface area (Å²) in [7, 11) is 0. The van der Waals surface area contributed by atoms with E-state index in [1.54, 1.807) is 0 Å². The molecule has 17 aromatic rings. The van der Waals surface area contributed by atoms with Crippen molar-refractivity contribution in [3.05, 3.63) is 350 Å². The molecule has 4 nitrogen and oxygen atoms in total. The Hall–Kier alpha value is -11.2. The molecule has 0 aliphatic rings. The molecule has 0 saturated heterocycles. The van der Waals surface area contributed by atoms with E-state index >= 15 is 0 Å². The minimum Gasteiger partial charge on any atom is -0.399 e. The van der Waals surface area contributed by atoms with E-state index in [2.05, 4.69) is 364 Å². The molecule has 2 N–H and O–H groups in total. The van der Waals surface area contributed by atoms with E-state index in [0.29, 0.717) is 0 Å². The number of anilines is 4. The van der Waals surface area contributed by atoms with Crippen molar-refractivity contribution in [2.75, 3.05) is 10.6 Å². The maximum Gasteiger partial charge on any atom is 0.0542 e. The molecule has 5 heteroatoms. The number of nitrogens with zero attached hydrogens (tertiary/aromatic N) is 3. The summed E-state index contributed by atoms with van der Waals surface area (Å²) < 4.78 is 5.77. The fourth-order valence-electron chi connectivity index (χ4n) is 12.9. The van der Waals surface area contributed by atoms with Crippen LogP contribution in [0.4, 0.5) is 22.7 Å². The van der Waals surface area contributed by atoms with Crippen LogP contribution in [0.1, 0.15) is 0 Å². The quantitative estimate of drug-likeness (QED) is 0.154. The highest BCUT2D eigenvalue weighted by molar-refractivity contribution is 9.10. The second-order valence-electron chi connectivity index (χ2n) is 22.4. The first-order valence-electron chi connectivity index (χ1n) is 30.1. The summed E-state index contributed by atoms with van der Waals surface area (Å²) in [5, 5.41) is 12.5. The first-order chi connectivity index (χ1) is 44.0. The third kappa shape index (κ3) is 10.5. The van der Waals surface area contributed by atoms with E-state index in [9.17, 15) is 0 Å². The van der Waals surface area contributed by atoms with Gasteiger partial charge in [0.1, 0.15) is 0 Å². The average molecular weight is 1200 g/mol. The molecule has 0 unspecified atom stereocenters. The number of nitrogen functional groups attached to an aromatic ring is 1. The molecule has 422 valence electrons. The summed E-state index contributed by atoms with van der Waals surface area (Å²) in [6, 6.07) is 123. The number of aromatic nitrogens is 2. The topological polar surface area (TPSA) is 39.1 Å². The maximum absolute atomic E-state index is 5.95. The zero-order valence-electron chi connectivity index (χ0n) is 48.7. The van der Waals surface area contributed by atoms with E-state index in [1.807, 2.05) is 12.1 Å². The van der Waals surface area contributed by atoms with Crippen molar-refractivity contribution in [2.24, 2.45) is 0 Å². The van der Waals surface area contributed by atoms with Gasteiger partial charge in [0.2, 0.25) is 0 Å². The third-order valence-electron chi connectivity index (χ3n) is 17.0. The monoisotopic (exact) mass is 1200 g/mol. The Morgan fingerprint density at radius 2 is 0.573 bits per heavy atom. The van der Waals surface area contributed by atoms with E-state index in [0.717, 1.165) is 32.9 Å². The lowest BCUT2D eigenvalue weighted by atomic mass is 9.97. The van der Waals surface area contributed by atoms with Gasteiger partial charge in [0.25, 0.3) is 0 Å². The van der Waals surface area contributed by atoms with Gasteiger partial charge in [0.05, 0.1) is 22.1 Å². The summed E-state index contributed by atoms with van der Waals surface area (Å²) >= 11 is 3.47. The molecule has 0 aliphatic heterocycles. The fourth-order valence-corrected chi connectivity index (χ4v) is 13.2. The normalized spacial score (nSPS) is 11.2. The van der Waals surface area contributed by atoms with Crippen molar-refractivity contribution < 1.29 is 0 Å². The summed E-state index contributed by atoms with van der Waals surface area (Å²) in [5.41, 5.74) is 24.6. The second kappa shape index (κ2) is 23.9. The number of halogens is 1. The van der Waals surface area contributed by atoms with Crippen molar-refractivity contribution in [3.63, 3.8) is 0 Å². The predicted octanol–water partition coefficient (Wildman–Crippen LogP) is 23.5. The molecule has 15 aromatic carbocycles. The van der Waals surface area contributed by atoms with Crippen LogP contribution in [0, 0.1) is 0 Å². The number of para-hydroxylation sites is 4. The molecule has 2 aromatic heterocycles. The minimum atomic E-state index is 0.800. The lowest BCUT2D eigenvalue weighted by molar-refractivity contribution is 1.18. The smallest absolute Gasteiger partial charge is 0.0542 e. The van der Waals surface area contributed by atoms with E-state index in [1.165, 1.54) is 115 Å². The summed E-state index contributed by atoms with van der Waals surface area (Å²) in [6.07, 6.45) is 0. The molecule has 0 radical (unpaired) electrons. The lowest BCUT2D eigenvalue weighted by Gasteiger charge is -2.26. The van der Waals surface area contributed by atoms with Crippen molar-refractivity contribution >= 4 is 115 Å². The summed E-state index contributed by atoms with van der Waals surface area (Å²) in [6.45, 7) is 0. The standard InChI is InChI=1S/C50H34N2.C18H14N2.C16H11Br/c1-2-16-39(17-3-1)52-49-23-9-8-20-47(49)48-34-42(32-33-50(48)52)51(40-28-24-37(25-29-40)45-21-10-14-35-12-4-6-18-43(35)45)41-30-26-38(27-31-41)46-22-11-15-36-13-5-7-19-44(36)46;19-13-10-11-18-16(12-13)15-8-4-5-9-17(15)20(18)14-6-2-1-3-7-14;17-14-10-8-13(9-11-14)16-7-3-5-12-4-1-2-6-15(12)16/h1-34H;1-12H,19H2;1-11H. The Balaban J connectivity index is 0.000000145. The number of fused-ring (bicyclic) bond motifs is 9. The van der Waals surface area contributed by atoms with Crippen LogP contribution in [0.5, 0.6) is 0 Å². The molecule has 0 spiro atoms. The van der Waals surface area contributed by atoms with Gasteiger partial charge >= 0.3 is 0 Å². The molecular formula is C84H59BrN4. The van der Waals surface area contributed by atoms with Crippen molar-refractivity contribution in [3.8, 4) is 44.8 Å². The Morgan fingerprint density at radius 3 is 1.01 bits per heavy atom. The van der Waals surface area contributed by atoms with Gasteiger partial charge < -0.3 is 19.8 Å². The third-order valence-corrected chi connectivity index (χ3v) is 17.6. The van der Waals surface area contributed by atoms with Gasteiger partial charge in [-0.05, 0) is 175 Å². The first kappa shape index (κ1) is 54.4. The molecule has 0 saturated carbocycles. The first-order valence-corrected chi connectivity index (χ1v) is 30.9. The minimum absolute atomic E-state index is 0.800. The van der Waals surface area contributed by atoms with E-state index < -0.39 is 0 Å². The molecule has 0 atom stereocenters. The van der Waals surface area contributed by atoms with Crippen LogP contribution in [-0.4, -0.2) is 9.13 Å². The Labute approximate surface area is 526 Å². The SMILES string of the molecule is Brc1ccc(-c2cccc3ccccc23)cc1.Nc1ccc2c(c1)c1ccccc1n2-c1ccccc1.c1ccc(-n2c3ccccc3c3cc(N(c4ccc(-c5cccc6ccccc56)cc4)c4ccc(-c5cccc6ccccc56)cc4)ccc32)cc1. The number of benzene rings is 15. The zero-order valence-corrected chi connectivity index (χ0v) is 50.3. The molecule has 0 bridgehead atoms. The zero-order chi connectivity index (χ0) is 59.6. The average Bonchev–Trinajstić information content (AvgIpc) is 1.92. The van der Waals surface area contributed by atoms with Crippen molar-refractivity contribution in [1.29, 1.82) is 0 Å². The molecular weight excluding hydrogens is 1140 g/mol. The predicted molar refractivity (Wildman–Crippen MR) is 384 cm³/mol. The van der Waals surface area contributed by atoms with Crippen molar-refractivity contribution in [1.82, 2.24) is 9.13 Å². The second-order valence-corrected chi connectivity index (χ2v) is 23.3. The van der Waals surface area contributed by atoms with Gasteiger partial charge in [0.15, 0.2) is 0 Å². The van der Waals surface area contributed by atoms with E-state index in [4.69, 9.17) is 5.73 Å². The fraction of sp³-hybridized carbons (Fsp3) is 0. The molecule has 2 heterocycles. The van der Waals surface area contributed by atoms with Crippen LogP contribution < -0.4 is 10.6 Å². The van der Waals surface area contributed by atoms with Crippen LogP contribution in [0.25, 0.3) is 121 Å². The largest absolute Gasteiger partial charge is 0.399 e. The molecule has 0 fully saturated rings. The van der Waals surface area contributed by atoms with Gasteiger partial charge in [-0.2, -0.15) is 0 Å². The van der Waals surface area contributed by atoms with Crippen LogP contribution in [0.2, 0.25) is 0 Å². The number of nitrogens with two attached hydrogens (primary N) is 1. The lowest BCUT2D eigenvalue weighted by Crippen LogP contribution is -2.10. The molecule has 0 aliphatic carbocycles. The highest BCUT2D eigenvalue weighted by Gasteiger charge is 2.19. The number of rotatable bonds is 8. The van der Waals surface area contributed by atoms with Gasteiger partial charge in [-0.3, -0.25) is 0 Å². The molecule has 0 amide bonds. The Kier molecular flexibility index (Phi) is 14.6. The Morgan fingerprint density at radius 1 is 0.247 bits per heavy atom. The summed E-state index contributed by atoms with van der Waals surface area (Å²) in [4.78, 5) is 2.38. The van der Waals surface area contributed by atoms with E-state index in [-0.39, 0.29) is 0 Å². The van der Waals surface area contributed by atoms with Crippen LogP contribution in [0.15, 0.2) is 350 Å². The van der Waals surface area contributed by atoms with Crippen LogP contribution in [0.3, 0.4) is 0 Å². The van der Waals surface area contributed by atoms with Gasteiger partial charge in [0, 0.05) is 60.1 Å². The summed E-state index contributed by atoms with van der Waals surface area (Å²) in [5.74, 6) is 0. The van der Waals surface area contributed by atoms with Crippen molar-refractivity contribution in [2.45, 2.75) is 0 Å². The molecule has 89 heavy (non-hydrogen) atoms. The number of hydrogen-bond acceptors (Lipinski definition) is 2. The van der Waals surface area contributed by atoms with Gasteiger partial charge in [-0.1, -0.05) is 253 Å². The number of hydrogen-bond donors (Lipinski definition) is 1. The molecule has 17 rings (SSSR count). The maximum atomic E-state index is 5.95. The van der Waals surface area contributed by atoms with Crippen LogP contribution >= 0.6 is 15.9 Å².